The molecule has 4 nitrogen and oxygen atoms in total. The molecule has 0 unspecified atom stereocenters. The molecule has 1 aromatic rings. The van der Waals surface area contributed by atoms with E-state index in [1.807, 2.05) is 6.07 Å². The van der Waals surface area contributed by atoms with Crippen molar-refractivity contribution in [1.82, 2.24) is 0 Å². The largest absolute Gasteiger partial charge is 0.454 e. The molecular weight excluding hydrogens is 184 g/mol. The topological polar surface area (TPSA) is 47.9 Å². The maximum absolute atomic E-state index is 9.12. The van der Waals surface area contributed by atoms with Crippen LogP contribution in [0.1, 0.15) is 11.1 Å². The summed E-state index contributed by atoms with van der Waals surface area (Å²) in [5.41, 5.74) is 1.75. The lowest BCUT2D eigenvalue weighted by molar-refractivity contribution is 0.173. The van der Waals surface area contributed by atoms with Crippen LogP contribution >= 0.6 is 0 Å². The monoisotopic (exact) mass is 196 g/mol. The third-order valence-corrected chi connectivity index (χ3v) is 2.16. The van der Waals surface area contributed by atoms with Crippen LogP contribution in [-0.4, -0.2) is 19.0 Å². The van der Waals surface area contributed by atoms with Crippen LogP contribution in [0.15, 0.2) is 12.1 Å². The number of methoxy groups -OCH3 is 1. The summed E-state index contributed by atoms with van der Waals surface area (Å²) in [6.07, 6.45) is 0. The van der Waals surface area contributed by atoms with E-state index >= 15 is 0 Å². The lowest BCUT2D eigenvalue weighted by atomic mass is 10.1. The Labute approximate surface area is 82.0 Å². The van der Waals surface area contributed by atoms with Crippen molar-refractivity contribution in [2.24, 2.45) is 0 Å². The van der Waals surface area contributed by atoms with E-state index in [1.165, 1.54) is 0 Å². The third kappa shape index (κ3) is 1.54. The molecule has 0 spiro atoms. The number of hydrogen-bond donors (Lipinski definition) is 1. The molecular formula is C10H12O4. The molecule has 14 heavy (non-hydrogen) atoms. The number of benzene rings is 1. The first-order valence-electron chi connectivity index (χ1n) is 4.36. The second-order valence-electron chi connectivity index (χ2n) is 3.07. The van der Waals surface area contributed by atoms with E-state index in [4.69, 9.17) is 19.3 Å². The maximum atomic E-state index is 9.12. The molecule has 1 aliphatic heterocycles. The van der Waals surface area contributed by atoms with Crippen molar-refractivity contribution in [3.8, 4) is 11.5 Å². The van der Waals surface area contributed by atoms with Crippen molar-refractivity contribution in [2.75, 3.05) is 13.9 Å². The Morgan fingerprint density at radius 2 is 1.93 bits per heavy atom. The minimum Gasteiger partial charge on any atom is -0.454 e. The van der Waals surface area contributed by atoms with Gasteiger partial charge in [-0.3, -0.25) is 0 Å². The van der Waals surface area contributed by atoms with Gasteiger partial charge in [-0.2, -0.15) is 0 Å². The summed E-state index contributed by atoms with van der Waals surface area (Å²) in [4.78, 5) is 0. The van der Waals surface area contributed by atoms with Gasteiger partial charge in [0.25, 0.3) is 0 Å². The molecule has 0 saturated carbocycles. The van der Waals surface area contributed by atoms with Gasteiger partial charge in [-0.15, -0.1) is 0 Å². The number of aliphatic hydroxyl groups is 1. The van der Waals surface area contributed by atoms with Crippen LogP contribution in [-0.2, 0) is 18.0 Å². The van der Waals surface area contributed by atoms with E-state index in [1.54, 1.807) is 13.2 Å². The Balaban J connectivity index is 2.38. The average Bonchev–Trinajstić information content (AvgIpc) is 2.64. The summed E-state index contributed by atoms with van der Waals surface area (Å²) >= 11 is 0. The number of rotatable bonds is 3. The molecule has 0 saturated heterocycles. The Kier molecular flexibility index (Phi) is 2.56. The highest BCUT2D eigenvalue weighted by atomic mass is 16.7. The van der Waals surface area contributed by atoms with Gasteiger partial charge >= 0.3 is 0 Å². The Bertz CT molecular complexity index is 335. The molecule has 1 N–H and O–H groups in total. The maximum Gasteiger partial charge on any atom is 0.231 e. The summed E-state index contributed by atoms with van der Waals surface area (Å²) in [6.45, 7) is 0.693. The molecule has 1 heterocycles. The molecule has 0 aromatic heterocycles. The van der Waals surface area contributed by atoms with E-state index < -0.39 is 0 Å². The van der Waals surface area contributed by atoms with Gasteiger partial charge in [-0.05, 0) is 23.3 Å². The second kappa shape index (κ2) is 3.86. The van der Waals surface area contributed by atoms with Crippen molar-refractivity contribution in [3.05, 3.63) is 23.3 Å². The molecule has 0 bridgehead atoms. The Hall–Kier alpha value is -1.26. The van der Waals surface area contributed by atoms with Crippen LogP contribution in [0.2, 0.25) is 0 Å². The smallest absolute Gasteiger partial charge is 0.231 e. The molecule has 0 fully saturated rings. The van der Waals surface area contributed by atoms with Crippen molar-refractivity contribution in [1.29, 1.82) is 0 Å². The van der Waals surface area contributed by atoms with Crippen LogP contribution in [0, 0.1) is 0 Å². The molecule has 0 amide bonds. The van der Waals surface area contributed by atoms with Crippen LogP contribution in [0.4, 0.5) is 0 Å². The first kappa shape index (κ1) is 9.30. The quantitative estimate of drug-likeness (QED) is 0.785. The van der Waals surface area contributed by atoms with Crippen molar-refractivity contribution < 1.29 is 19.3 Å². The lowest BCUT2D eigenvalue weighted by Crippen LogP contribution is -1.95. The first-order valence-corrected chi connectivity index (χ1v) is 4.36. The number of aliphatic hydroxyl groups excluding tert-OH is 1. The molecule has 0 atom stereocenters. The van der Waals surface area contributed by atoms with E-state index in [2.05, 4.69) is 0 Å². The second-order valence-corrected chi connectivity index (χ2v) is 3.07. The first-order chi connectivity index (χ1) is 6.85. The van der Waals surface area contributed by atoms with Crippen molar-refractivity contribution in [3.63, 3.8) is 0 Å². The minimum absolute atomic E-state index is 0.0185. The third-order valence-electron chi connectivity index (χ3n) is 2.16. The van der Waals surface area contributed by atoms with Crippen LogP contribution in [0.3, 0.4) is 0 Å². The normalized spacial score (nSPS) is 13.3. The van der Waals surface area contributed by atoms with E-state index in [0.29, 0.717) is 18.1 Å². The van der Waals surface area contributed by atoms with Gasteiger partial charge < -0.3 is 19.3 Å². The standard InChI is InChI=1S/C10H12O4/c1-12-5-8-3-10-9(13-6-14-10)2-7(8)4-11/h2-3,11H,4-6H2,1H3. The van der Waals surface area contributed by atoms with Gasteiger partial charge in [0.1, 0.15) is 0 Å². The van der Waals surface area contributed by atoms with E-state index in [0.717, 1.165) is 11.1 Å². The molecule has 0 aliphatic carbocycles. The van der Waals surface area contributed by atoms with Gasteiger partial charge in [-0.25, -0.2) is 0 Å². The molecule has 4 heteroatoms. The lowest BCUT2D eigenvalue weighted by Gasteiger charge is -2.07. The van der Waals surface area contributed by atoms with Gasteiger partial charge in [0.15, 0.2) is 11.5 Å². The van der Waals surface area contributed by atoms with Gasteiger partial charge in [0.2, 0.25) is 6.79 Å². The zero-order valence-electron chi connectivity index (χ0n) is 7.95. The number of ether oxygens (including phenoxy) is 3. The summed E-state index contributed by atoms with van der Waals surface area (Å²) in [5.74, 6) is 1.41. The molecule has 1 aliphatic rings. The highest BCUT2D eigenvalue weighted by Crippen LogP contribution is 2.35. The van der Waals surface area contributed by atoms with E-state index in [9.17, 15) is 0 Å². The van der Waals surface area contributed by atoms with Gasteiger partial charge in [-0.1, -0.05) is 0 Å². The highest BCUT2D eigenvalue weighted by Gasteiger charge is 2.16. The minimum atomic E-state index is -0.0185. The molecule has 1 aromatic carbocycles. The SMILES string of the molecule is COCc1cc2c(cc1CO)OCO2. The summed E-state index contributed by atoms with van der Waals surface area (Å²) < 4.78 is 15.4. The van der Waals surface area contributed by atoms with Gasteiger partial charge in [0.05, 0.1) is 13.2 Å². The molecule has 76 valence electrons. The number of fused-ring (bicyclic) bond motifs is 1. The van der Waals surface area contributed by atoms with Crippen molar-refractivity contribution in [2.45, 2.75) is 13.2 Å². The summed E-state index contributed by atoms with van der Waals surface area (Å²) in [6, 6.07) is 3.63. The van der Waals surface area contributed by atoms with E-state index in [-0.39, 0.29) is 13.4 Å². The zero-order valence-corrected chi connectivity index (χ0v) is 7.95. The average molecular weight is 196 g/mol. The fraction of sp³-hybridized carbons (Fsp3) is 0.400. The summed E-state index contributed by atoms with van der Waals surface area (Å²) in [7, 11) is 1.62. The van der Waals surface area contributed by atoms with Crippen LogP contribution in [0.5, 0.6) is 11.5 Å². The van der Waals surface area contributed by atoms with Gasteiger partial charge in [0, 0.05) is 7.11 Å². The van der Waals surface area contributed by atoms with Crippen LogP contribution in [0.25, 0.3) is 0 Å². The Morgan fingerprint density at radius 3 is 2.50 bits per heavy atom. The zero-order chi connectivity index (χ0) is 9.97. The summed E-state index contributed by atoms with van der Waals surface area (Å²) in [5, 5.41) is 9.12. The highest BCUT2D eigenvalue weighted by molar-refractivity contribution is 5.48. The van der Waals surface area contributed by atoms with Crippen molar-refractivity contribution >= 4 is 0 Å². The Morgan fingerprint density at radius 1 is 1.29 bits per heavy atom. The molecule has 2 rings (SSSR count). The molecule has 0 radical (unpaired) electrons. The fourth-order valence-electron chi connectivity index (χ4n) is 1.46. The van der Waals surface area contributed by atoms with Crippen LogP contribution < -0.4 is 9.47 Å². The predicted molar refractivity (Wildman–Crippen MR) is 49.2 cm³/mol. The number of hydrogen-bond acceptors (Lipinski definition) is 4. The fourth-order valence-corrected chi connectivity index (χ4v) is 1.46. The predicted octanol–water partition coefficient (Wildman–Crippen LogP) is 1.05.